The molecule has 0 spiro atoms. The van der Waals surface area contributed by atoms with Gasteiger partial charge in [-0.2, -0.15) is 0 Å². The van der Waals surface area contributed by atoms with Gasteiger partial charge in [0.05, 0.1) is 0 Å². The molecule has 0 saturated carbocycles. The van der Waals surface area contributed by atoms with Crippen molar-refractivity contribution in [3.8, 4) is 0 Å². The fraction of sp³-hybridized carbons (Fsp3) is 0.556. The number of allylic oxidation sites excluding steroid dienone is 4. The summed E-state index contributed by atoms with van der Waals surface area (Å²) in [6.07, 6.45) is 12.7. The standard InChI is InChI=1S/C9H14/c1-2-9-7-5-3-4-6-8-9/h3-6,9H,2,7-8H2,1H3. The molecule has 0 fully saturated rings. The lowest BCUT2D eigenvalue weighted by atomic mass is 10.00. The molecule has 0 radical (unpaired) electrons. The van der Waals surface area contributed by atoms with E-state index in [0.29, 0.717) is 0 Å². The van der Waals surface area contributed by atoms with Crippen molar-refractivity contribution in [3.05, 3.63) is 24.3 Å². The highest BCUT2D eigenvalue weighted by Crippen LogP contribution is 2.16. The summed E-state index contributed by atoms with van der Waals surface area (Å²) in [4.78, 5) is 0. The molecule has 1 aliphatic rings. The minimum absolute atomic E-state index is 0.903. The van der Waals surface area contributed by atoms with Crippen molar-refractivity contribution in [3.63, 3.8) is 0 Å². The maximum Gasteiger partial charge on any atom is -0.0316 e. The van der Waals surface area contributed by atoms with Gasteiger partial charge in [-0.3, -0.25) is 0 Å². The first-order chi connectivity index (χ1) is 4.43. The van der Waals surface area contributed by atoms with Crippen LogP contribution in [0.3, 0.4) is 0 Å². The average Bonchev–Trinajstić information content (AvgIpc) is 2.13. The first-order valence-corrected chi connectivity index (χ1v) is 3.75. The van der Waals surface area contributed by atoms with E-state index in [1.54, 1.807) is 0 Å². The van der Waals surface area contributed by atoms with Crippen molar-refractivity contribution >= 4 is 0 Å². The topological polar surface area (TPSA) is 0 Å². The third kappa shape index (κ3) is 2.05. The van der Waals surface area contributed by atoms with E-state index in [9.17, 15) is 0 Å². The Labute approximate surface area is 57.3 Å². The summed E-state index contributed by atoms with van der Waals surface area (Å²) in [5.41, 5.74) is 0. The van der Waals surface area contributed by atoms with Gasteiger partial charge >= 0.3 is 0 Å². The Balaban J connectivity index is 2.40. The van der Waals surface area contributed by atoms with Crippen molar-refractivity contribution in [1.29, 1.82) is 0 Å². The van der Waals surface area contributed by atoms with Crippen molar-refractivity contribution < 1.29 is 0 Å². The summed E-state index contributed by atoms with van der Waals surface area (Å²) in [7, 11) is 0. The molecule has 0 saturated heterocycles. The predicted octanol–water partition coefficient (Wildman–Crippen LogP) is 2.92. The lowest BCUT2D eigenvalue weighted by Gasteiger charge is -2.06. The van der Waals surface area contributed by atoms with Crippen LogP contribution in [-0.2, 0) is 0 Å². The van der Waals surface area contributed by atoms with E-state index in [4.69, 9.17) is 0 Å². The lowest BCUT2D eigenvalue weighted by molar-refractivity contribution is 0.526. The fourth-order valence-corrected chi connectivity index (χ4v) is 1.13. The normalized spacial score (nSPS) is 20.1. The first kappa shape index (κ1) is 6.60. The summed E-state index contributed by atoms with van der Waals surface area (Å²) < 4.78 is 0. The van der Waals surface area contributed by atoms with Gasteiger partial charge in [0.2, 0.25) is 0 Å². The minimum atomic E-state index is 0.903. The Hall–Kier alpha value is -0.520. The van der Waals surface area contributed by atoms with E-state index >= 15 is 0 Å². The predicted molar refractivity (Wildman–Crippen MR) is 41.3 cm³/mol. The van der Waals surface area contributed by atoms with Crippen LogP contribution in [0.1, 0.15) is 26.2 Å². The molecule has 0 atom stereocenters. The number of hydrogen-bond acceptors (Lipinski definition) is 0. The molecule has 0 aliphatic heterocycles. The van der Waals surface area contributed by atoms with Crippen molar-refractivity contribution in [1.82, 2.24) is 0 Å². The highest BCUT2D eigenvalue weighted by Gasteiger charge is 2.01. The van der Waals surface area contributed by atoms with E-state index in [0.717, 1.165) is 5.92 Å². The molecule has 1 rings (SSSR count). The molecule has 0 unspecified atom stereocenters. The van der Waals surface area contributed by atoms with Crippen LogP contribution in [0.5, 0.6) is 0 Å². The molecule has 0 nitrogen and oxygen atoms in total. The monoisotopic (exact) mass is 122 g/mol. The van der Waals surface area contributed by atoms with Crippen LogP contribution in [0.25, 0.3) is 0 Å². The summed E-state index contributed by atoms with van der Waals surface area (Å²) in [5.74, 6) is 0.903. The van der Waals surface area contributed by atoms with Gasteiger partial charge < -0.3 is 0 Å². The van der Waals surface area contributed by atoms with Crippen LogP contribution in [0.2, 0.25) is 0 Å². The second-order valence-electron chi connectivity index (χ2n) is 2.60. The summed E-state index contributed by atoms with van der Waals surface area (Å²) in [5, 5.41) is 0. The molecule has 0 aromatic carbocycles. The maximum atomic E-state index is 2.26. The maximum absolute atomic E-state index is 2.26. The largest absolute Gasteiger partial charge is 0.0843 e. The zero-order valence-electron chi connectivity index (χ0n) is 6.01. The third-order valence-corrected chi connectivity index (χ3v) is 1.90. The van der Waals surface area contributed by atoms with Gasteiger partial charge in [0.15, 0.2) is 0 Å². The van der Waals surface area contributed by atoms with E-state index in [-0.39, 0.29) is 0 Å². The second kappa shape index (κ2) is 3.49. The Kier molecular flexibility index (Phi) is 2.56. The molecule has 0 aromatic rings. The van der Waals surface area contributed by atoms with Crippen LogP contribution in [-0.4, -0.2) is 0 Å². The van der Waals surface area contributed by atoms with Gasteiger partial charge in [-0.05, 0) is 18.8 Å². The molecule has 0 amide bonds. The molecule has 0 heteroatoms. The van der Waals surface area contributed by atoms with Crippen LogP contribution in [0.4, 0.5) is 0 Å². The van der Waals surface area contributed by atoms with E-state index in [1.165, 1.54) is 19.3 Å². The average molecular weight is 122 g/mol. The fourth-order valence-electron chi connectivity index (χ4n) is 1.13. The second-order valence-corrected chi connectivity index (χ2v) is 2.60. The minimum Gasteiger partial charge on any atom is -0.0843 e. The van der Waals surface area contributed by atoms with Gasteiger partial charge in [0, 0.05) is 0 Å². The summed E-state index contributed by atoms with van der Waals surface area (Å²) >= 11 is 0. The van der Waals surface area contributed by atoms with Crippen molar-refractivity contribution in [2.24, 2.45) is 5.92 Å². The first-order valence-electron chi connectivity index (χ1n) is 3.75. The molecule has 9 heavy (non-hydrogen) atoms. The van der Waals surface area contributed by atoms with Crippen LogP contribution in [0.15, 0.2) is 24.3 Å². The van der Waals surface area contributed by atoms with Crippen LogP contribution >= 0.6 is 0 Å². The van der Waals surface area contributed by atoms with Gasteiger partial charge in [0.25, 0.3) is 0 Å². The van der Waals surface area contributed by atoms with Crippen LogP contribution < -0.4 is 0 Å². The highest BCUT2D eigenvalue weighted by atomic mass is 14.1. The molecule has 1 aliphatic carbocycles. The van der Waals surface area contributed by atoms with Gasteiger partial charge in [-0.1, -0.05) is 37.6 Å². The Bertz CT molecular complexity index is 106. The Morgan fingerprint density at radius 3 is 2.22 bits per heavy atom. The molecule has 0 heterocycles. The number of hydrogen-bond donors (Lipinski definition) is 0. The zero-order valence-corrected chi connectivity index (χ0v) is 6.01. The Morgan fingerprint density at radius 1 is 1.22 bits per heavy atom. The van der Waals surface area contributed by atoms with E-state index < -0.39 is 0 Å². The Morgan fingerprint density at radius 2 is 1.78 bits per heavy atom. The van der Waals surface area contributed by atoms with E-state index in [1.807, 2.05) is 0 Å². The molecule has 0 bridgehead atoms. The SMILES string of the molecule is CCC1CC=CC=CC1. The smallest absolute Gasteiger partial charge is 0.0316 e. The van der Waals surface area contributed by atoms with Gasteiger partial charge in [-0.15, -0.1) is 0 Å². The molecular formula is C9H14. The number of rotatable bonds is 1. The van der Waals surface area contributed by atoms with Crippen LogP contribution in [0, 0.1) is 5.92 Å². The van der Waals surface area contributed by atoms with Crippen molar-refractivity contribution in [2.45, 2.75) is 26.2 Å². The molecule has 50 valence electrons. The third-order valence-electron chi connectivity index (χ3n) is 1.90. The highest BCUT2D eigenvalue weighted by molar-refractivity contribution is 5.06. The molecule has 0 aromatic heterocycles. The van der Waals surface area contributed by atoms with E-state index in [2.05, 4.69) is 31.2 Å². The van der Waals surface area contributed by atoms with Gasteiger partial charge in [-0.25, -0.2) is 0 Å². The molecular weight excluding hydrogens is 108 g/mol. The van der Waals surface area contributed by atoms with Crippen molar-refractivity contribution in [2.75, 3.05) is 0 Å². The quantitative estimate of drug-likeness (QED) is 0.501. The summed E-state index contributed by atoms with van der Waals surface area (Å²) in [6.45, 7) is 2.26. The summed E-state index contributed by atoms with van der Waals surface area (Å²) in [6, 6.07) is 0. The van der Waals surface area contributed by atoms with Gasteiger partial charge in [0.1, 0.15) is 0 Å². The zero-order chi connectivity index (χ0) is 6.53. The lowest BCUT2D eigenvalue weighted by Crippen LogP contribution is -1.92. The molecule has 0 N–H and O–H groups in total.